The van der Waals surface area contributed by atoms with Gasteiger partial charge in [0.25, 0.3) is 5.56 Å². The zero-order valence-electron chi connectivity index (χ0n) is 15.0. The highest BCUT2D eigenvalue weighted by Crippen LogP contribution is 2.39. The fraction of sp³-hybridized carbons (Fsp3) is 0.150. The smallest absolute Gasteiger partial charge is 0.266 e. The Morgan fingerprint density at radius 3 is 2.66 bits per heavy atom. The first-order valence-corrected chi connectivity index (χ1v) is 10.8. The van der Waals surface area contributed by atoms with Crippen molar-refractivity contribution < 1.29 is 18.3 Å². The summed E-state index contributed by atoms with van der Waals surface area (Å²) in [7, 11) is 0. The van der Waals surface area contributed by atoms with Crippen LogP contribution in [-0.4, -0.2) is 31.6 Å². The summed E-state index contributed by atoms with van der Waals surface area (Å²) in [5.74, 6) is 0.0859. The first-order valence-electron chi connectivity index (χ1n) is 8.77. The van der Waals surface area contributed by atoms with E-state index in [9.17, 15) is 18.5 Å². The number of aromatic nitrogens is 1. The van der Waals surface area contributed by atoms with Gasteiger partial charge in [-0.25, -0.2) is 13.3 Å². The molecule has 6 nitrogen and oxygen atoms in total. The zero-order chi connectivity index (χ0) is 20.5. The standard InChI is InChI=1S/C20H17FN2O4S2/c21-13(10-22-29(26)27)9-11-1-3-12(4-2-11)17-16(24)6-5-15-18(17)14-7-8-28-19(14)20(25)23-15/h1-8,13,22,24H,9-10H2,(H,23,25)(H,26,27). The lowest BCUT2D eigenvalue weighted by atomic mass is 9.96. The summed E-state index contributed by atoms with van der Waals surface area (Å²) in [6.45, 7) is -0.224. The molecule has 2 aromatic heterocycles. The predicted octanol–water partition coefficient (Wildman–Crippen LogP) is 3.72. The molecule has 4 N–H and O–H groups in total. The first kappa shape index (κ1) is 19.7. The fourth-order valence-electron chi connectivity index (χ4n) is 3.43. The number of aromatic amines is 1. The molecule has 0 bridgehead atoms. The third-order valence-electron chi connectivity index (χ3n) is 4.70. The van der Waals surface area contributed by atoms with Crippen molar-refractivity contribution in [2.45, 2.75) is 12.6 Å². The molecule has 0 saturated heterocycles. The SMILES string of the molecule is O=c1[nH]c2ccc(O)c(-c3ccc(CC(F)CNS(=O)O)cc3)c2c2ccsc12. The lowest BCUT2D eigenvalue weighted by molar-refractivity contribution is 0.330. The molecule has 2 heterocycles. The molecule has 0 fully saturated rings. The van der Waals surface area contributed by atoms with Gasteiger partial charge in [0.15, 0.2) is 0 Å². The highest BCUT2D eigenvalue weighted by atomic mass is 32.2. The molecule has 0 aliphatic heterocycles. The number of halogens is 1. The Labute approximate surface area is 171 Å². The summed E-state index contributed by atoms with van der Waals surface area (Å²) in [5, 5.41) is 13.9. The van der Waals surface area contributed by atoms with Gasteiger partial charge in [-0.3, -0.25) is 9.35 Å². The van der Waals surface area contributed by atoms with Gasteiger partial charge in [-0.1, -0.05) is 24.3 Å². The van der Waals surface area contributed by atoms with Crippen molar-refractivity contribution in [2.24, 2.45) is 0 Å². The van der Waals surface area contributed by atoms with Gasteiger partial charge in [0.05, 0.1) is 0 Å². The maximum Gasteiger partial charge on any atom is 0.266 e. The van der Waals surface area contributed by atoms with Crippen LogP contribution in [0.25, 0.3) is 32.1 Å². The molecule has 2 unspecified atom stereocenters. The van der Waals surface area contributed by atoms with Crippen molar-refractivity contribution in [2.75, 3.05) is 6.54 Å². The van der Waals surface area contributed by atoms with Crippen LogP contribution in [0.2, 0.25) is 0 Å². The van der Waals surface area contributed by atoms with E-state index in [1.165, 1.54) is 17.4 Å². The minimum Gasteiger partial charge on any atom is -0.507 e. The van der Waals surface area contributed by atoms with Crippen molar-refractivity contribution >= 4 is 43.6 Å². The van der Waals surface area contributed by atoms with E-state index in [-0.39, 0.29) is 24.3 Å². The Morgan fingerprint density at radius 2 is 1.93 bits per heavy atom. The predicted molar refractivity (Wildman–Crippen MR) is 114 cm³/mol. The maximum absolute atomic E-state index is 13.9. The highest BCUT2D eigenvalue weighted by molar-refractivity contribution is 7.77. The second kappa shape index (κ2) is 8.03. The molecule has 0 amide bonds. The molecule has 2 aromatic carbocycles. The quantitative estimate of drug-likeness (QED) is 0.349. The number of hydrogen-bond acceptors (Lipinski definition) is 4. The van der Waals surface area contributed by atoms with E-state index in [1.807, 2.05) is 11.4 Å². The Bertz CT molecular complexity index is 1270. The number of rotatable bonds is 6. The van der Waals surface area contributed by atoms with Gasteiger partial charge in [-0.05, 0) is 34.7 Å². The molecule has 29 heavy (non-hydrogen) atoms. The maximum atomic E-state index is 13.9. The second-order valence-corrected chi connectivity index (χ2v) is 8.30. The van der Waals surface area contributed by atoms with Crippen LogP contribution < -0.4 is 10.3 Å². The minimum absolute atomic E-state index is 0.0859. The average Bonchev–Trinajstić information content (AvgIpc) is 3.18. The third kappa shape index (κ3) is 3.95. The summed E-state index contributed by atoms with van der Waals surface area (Å²) in [4.78, 5) is 15.1. The molecule has 0 radical (unpaired) electrons. The minimum atomic E-state index is -2.24. The number of aromatic hydroxyl groups is 1. The van der Waals surface area contributed by atoms with Crippen LogP contribution in [-0.2, 0) is 17.7 Å². The largest absolute Gasteiger partial charge is 0.507 e. The molecule has 0 aliphatic carbocycles. The summed E-state index contributed by atoms with van der Waals surface area (Å²) in [5.41, 5.74) is 2.52. The van der Waals surface area contributed by atoms with Gasteiger partial charge in [-0.15, -0.1) is 11.3 Å². The van der Waals surface area contributed by atoms with Crippen LogP contribution in [0.3, 0.4) is 0 Å². The number of alkyl halides is 1. The van der Waals surface area contributed by atoms with Crippen LogP contribution in [0.5, 0.6) is 5.75 Å². The number of thiophene rings is 1. The normalized spacial score (nSPS) is 13.7. The van der Waals surface area contributed by atoms with E-state index in [4.69, 9.17) is 4.55 Å². The van der Waals surface area contributed by atoms with E-state index in [0.717, 1.165) is 21.9 Å². The number of phenolic OH excluding ortho intramolecular Hbond substituents is 1. The van der Waals surface area contributed by atoms with Gasteiger partial charge in [0.1, 0.15) is 16.6 Å². The summed E-state index contributed by atoms with van der Waals surface area (Å²) >= 11 is -0.899. The van der Waals surface area contributed by atoms with E-state index in [0.29, 0.717) is 15.8 Å². The van der Waals surface area contributed by atoms with Crippen molar-refractivity contribution in [1.82, 2.24) is 9.71 Å². The highest BCUT2D eigenvalue weighted by Gasteiger charge is 2.16. The van der Waals surface area contributed by atoms with Crippen molar-refractivity contribution in [3.05, 3.63) is 63.8 Å². The van der Waals surface area contributed by atoms with Crippen molar-refractivity contribution in [3.8, 4) is 16.9 Å². The Kier molecular flexibility index (Phi) is 5.46. The van der Waals surface area contributed by atoms with Crippen LogP contribution in [0.1, 0.15) is 5.56 Å². The Hall–Kier alpha value is -2.59. The number of benzene rings is 2. The number of H-pyrrole nitrogens is 1. The molecule has 150 valence electrons. The van der Waals surface area contributed by atoms with Crippen LogP contribution in [0, 0.1) is 0 Å². The zero-order valence-corrected chi connectivity index (χ0v) is 16.6. The molecular weight excluding hydrogens is 415 g/mol. The second-order valence-electron chi connectivity index (χ2n) is 6.60. The van der Waals surface area contributed by atoms with Gasteiger partial charge in [-0.2, -0.15) is 0 Å². The summed E-state index contributed by atoms with van der Waals surface area (Å²) in [6.07, 6.45) is -1.22. The number of pyridine rings is 1. The van der Waals surface area contributed by atoms with E-state index < -0.39 is 17.4 Å². The number of hydrogen-bond donors (Lipinski definition) is 4. The molecule has 4 aromatic rings. The van der Waals surface area contributed by atoms with Gasteiger partial charge >= 0.3 is 0 Å². The fourth-order valence-corrected chi connectivity index (χ4v) is 4.54. The monoisotopic (exact) mass is 432 g/mol. The lowest BCUT2D eigenvalue weighted by Gasteiger charge is -2.12. The molecule has 4 rings (SSSR count). The Morgan fingerprint density at radius 1 is 1.17 bits per heavy atom. The van der Waals surface area contributed by atoms with E-state index in [1.54, 1.807) is 30.3 Å². The van der Waals surface area contributed by atoms with E-state index in [2.05, 4.69) is 9.71 Å². The van der Waals surface area contributed by atoms with Crippen LogP contribution in [0.4, 0.5) is 4.39 Å². The first-order chi connectivity index (χ1) is 13.9. The molecule has 0 spiro atoms. The summed E-state index contributed by atoms with van der Waals surface area (Å²) < 4.78 is 35.9. The number of phenols is 1. The van der Waals surface area contributed by atoms with E-state index >= 15 is 0 Å². The van der Waals surface area contributed by atoms with Crippen LogP contribution >= 0.6 is 11.3 Å². The topological polar surface area (TPSA) is 102 Å². The molecule has 0 aliphatic rings. The molecule has 9 heteroatoms. The molecule has 2 atom stereocenters. The molecule has 0 saturated carbocycles. The third-order valence-corrected chi connectivity index (χ3v) is 6.03. The van der Waals surface area contributed by atoms with Gasteiger partial charge in [0, 0.05) is 34.8 Å². The Balaban J connectivity index is 1.73. The van der Waals surface area contributed by atoms with Gasteiger partial charge < -0.3 is 10.1 Å². The number of nitrogens with one attached hydrogen (secondary N) is 2. The molecular formula is C20H17FN2O4S2. The lowest BCUT2D eigenvalue weighted by Crippen LogP contribution is -2.26. The van der Waals surface area contributed by atoms with Crippen LogP contribution in [0.15, 0.2) is 52.6 Å². The van der Waals surface area contributed by atoms with Gasteiger partial charge in [0.2, 0.25) is 11.3 Å². The average molecular weight is 432 g/mol. The summed E-state index contributed by atoms with van der Waals surface area (Å²) in [6, 6.07) is 12.2. The number of fused-ring (bicyclic) bond motifs is 3. The van der Waals surface area contributed by atoms with Crippen molar-refractivity contribution in [1.29, 1.82) is 0 Å². The van der Waals surface area contributed by atoms with Crippen molar-refractivity contribution in [3.63, 3.8) is 0 Å².